The van der Waals surface area contributed by atoms with E-state index in [1.807, 2.05) is 13.0 Å². The normalized spacial score (nSPS) is 28.7. The van der Waals surface area contributed by atoms with Crippen LogP contribution in [0.1, 0.15) is 33.1 Å². The molecule has 2 aliphatic rings. The Balaban J connectivity index is 2.36. The first-order valence-electron chi connectivity index (χ1n) is 9.71. The molecule has 1 saturated heterocycles. The summed E-state index contributed by atoms with van der Waals surface area (Å²) >= 11 is 0. The number of hydrogen-bond donors (Lipinski definition) is 2. The van der Waals surface area contributed by atoms with Crippen LogP contribution >= 0.6 is 0 Å². The SMILES string of the molecule is C=C1C(=O)O[C@@H]2/C=C(/COC(C)=O)CC/C=C(\C)C[C@H](OC(=O)C(=C)[C@H](O)CO)[C@@H]12. The zero-order chi connectivity index (χ0) is 22.4. The summed E-state index contributed by atoms with van der Waals surface area (Å²) in [6.07, 6.45) is 2.34. The molecule has 0 aromatic heterocycles. The van der Waals surface area contributed by atoms with Gasteiger partial charge in [-0.05, 0) is 31.4 Å². The van der Waals surface area contributed by atoms with E-state index in [9.17, 15) is 19.5 Å². The van der Waals surface area contributed by atoms with Gasteiger partial charge in [0.25, 0.3) is 0 Å². The van der Waals surface area contributed by atoms with Gasteiger partial charge in [-0.2, -0.15) is 0 Å². The van der Waals surface area contributed by atoms with E-state index in [2.05, 4.69) is 13.2 Å². The van der Waals surface area contributed by atoms with Gasteiger partial charge in [-0.3, -0.25) is 4.79 Å². The first kappa shape index (κ1) is 23.6. The molecule has 0 bridgehead atoms. The van der Waals surface area contributed by atoms with Gasteiger partial charge in [0.05, 0.1) is 18.1 Å². The molecule has 2 N–H and O–H groups in total. The maximum atomic E-state index is 12.4. The van der Waals surface area contributed by atoms with E-state index in [-0.39, 0.29) is 17.8 Å². The average molecular weight is 420 g/mol. The molecule has 1 aliphatic heterocycles. The quantitative estimate of drug-likeness (QED) is 0.287. The van der Waals surface area contributed by atoms with Crippen molar-refractivity contribution in [1.29, 1.82) is 0 Å². The lowest BCUT2D eigenvalue weighted by molar-refractivity contribution is -0.148. The molecule has 0 spiro atoms. The van der Waals surface area contributed by atoms with Gasteiger partial charge in [0.1, 0.15) is 24.9 Å². The highest BCUT2D eigenvalue weighted by Gasteiger charge is 2.44. The second-order valence-electron chi connectivity index (χ2n) is 7.49. The molecular formula is C22H28O8. The van der Waals surface area contributed by atoms with Crippen molar-refractivity contribution in [2.45, 2.75) is 51.4 Å². The average Bonchev–Trinajstić information content (AvgIpc) is 2.97. The topological polar surface area (TPSA) is 119 Å². The van der Waals surface area contributed by atoms with Crippen LogP contribution in [0, 0.1) is 5.92 Å². The van der Waals surface area contributed by atoms with Crippen LogP contribution in [0.3, 0.4) is 0 Å². The number of hydrogen-bond acceptors (Lipinski definition) is 8. The molecule has 1 aliphatic carbocycles. The van der Waals surface area contributed by atoms with Crippen molar-refractivity contribution in [2.75, 3.05) is 13.2 Å². The van der Waals surface area contributed by atoms with E-state index in [4.69, 9.17) is 19.3 Å². The lowest BCUT2D eigenvalue weighted by Gasteiger charge is -2.28. The molecule has 0 aromatic carbocycles. The minimum absolute atomic E-state index is 0.0689. The van der Waals surface area contributed by atoms with Gasteiger partial charge in [0.15, 0.2) is 0 Å². The standard InChI is InChI=1S/C22H28O8/c1-12-6-5-7-16(11-28-15(4)24)9-19-20(14(3)22(27)30-19)18(8-12)29-21(26)13(2)17(25)10-23/h6,9,17-20,23,25H,2-3,5,7-8,10-11H2,1,4H3/b12-6+,16-9+/t17-,18+,19-,20-/m1/s1. The number of rotatable bonds is 6. The van der Waals surface area contributed by atoms with E-state index in [1.165, 1.54) is 6.92 Å². The highest BCUT2D eigenvalue weighted by Crippen LogP contribution is 2.36. The zero-order valence-corrected chi connectivity index (χ0v) is 17.3. The van der Waals surface area contributed by atoms with Crippen molar-refractivity contribution in [2.24, 2.45) is 5.92 Å². The van der Waals surface area contributed by atoms with Gasteiger partial charge in [0.2, 0.25) is 0 Å². The Labute approximate surface area is 175 Å². The molecule has 30 heavy (non-hydrogen) atoms. The van der Waals surface area contributed by atoms with E-state index < -0.39 is 48.7 Å². The Morgan fingerprint density at radius 2 is 2.10 bits per heavy atom. The predicted molar refractivity (Wildman–Crippen MR) is 107 cm³/mol. The molecule has 0 saturated carbocycles. The molecule has 0 amide bonds. The Morgan fingerprint density at radius 1 is 1.40 bits per heavy atom. The summed E-state index contributed by atoms with van der Waals surface area (Å²) in [6, 6.07) is 0. The largest absolute Gasteiger partial charge is 0.461 e. The van der Waals surface area contributed by atoms with E-state index in [0.717, 1.165) is 11.1 Å². The molecule has 8 nitrogen and oxygen atoms in total. The number of ether oxygens (including phenoxy) is 3. The van der Waals surface area contributed by atoms with Crippen molar-refractivity contribution < 1.29 is 38.8 Å². The molecule has 1 heterocycles. The lowest BCUT2D eigenvalue weighted by Crippen LogP contribution is -2.35. The van der Waals surface area contributed by atoms with Crippen LogP contribution in [0.5, 0.6) is 0 Å². The van der Waals surface area contributed by atoms with Gasteiger partial charge in [-0.15, -0.1) is 0 Å². The summed E-state index contributed by atoms with van der Waals surface area (Å²) in [5.41, 5.74) is 1.59. The molecule has 8 heteroatoms. The van der Waals surface area contributed by atoms with Crippen molar-refractivity contribution in [1.82, 2.24) is 0 Å². The highest BCUT2D eigenvalue weighted by molar-refractivity contribution is 5.92. The van der Waals surface area contributed by atoms with Crippen LogP contribution < -0.4 is 0 Å². The number of carbonyl (C=O) groups is 3. The summed E-state index contributed by atoms with van der Waals surface area (Å²) < 4.78 is 16.1. The number of allylic oxidation sites excluding steroid dienone is 1. The van der Waals surface area contributed by atoms with E-state index >= 15 is 0 Å². The summed E-state index contributed by atoms with van der Waals surface area (Å²) in [6.45, 7) is 9.89. The van der Waals surface area contributed by atoms with Gasteiger partial charge >= 0.3 is 17.9 Å². The second-order valence-corrected chi connectivity index (χ2v) is 7.49. The number of esters is 3. The van der Waals surface area contributed by atoms with E-state index in [0.29, 0.717) is 19.3 Å². The van der Waals surface area contributed by atoms with E-state index in [1.54, 1.807) is 6.08 Å². The molecule has 164 valence electrons. The molecular weight excluding hydrogens is 392 g/mol. The minimum atomic E-state index is -1.44. The third-order valence-electron chi connectivity index (χ3n) is 5.10. The maximum absolute atomic E-state index is 12.4. The molecule has 1 fully saturated rings. The molecule has 0 aromatic rings. The third-order valence-corrected chi connectivity index (χ3v) is 5.10. The fourth-order valence-electron chi connectivity index (χ4n) is 3.42. The summed E-state index contributed by atoms with van der Waals surface area (Å²) in [5.74, 6) is -2.54. The van der Waals surface area contributed by atoms with Crippen LogP contribution in [0.25, 0.3) is 0 Å². The Morgan fingerprint density at radius 3 is 2.73 bits per heavy atom. The van der Waals surface area contributed by atoms with Crippen LogP contribution in [0.4, 0.5) is 0 Å². The third kappa shape index (κ3) is 5.90. The lowest BCUT2D eigenvalue weighted by atomic mass is 9.85. The Hall–Kier alpha value is -2.71. The van der Waals surface area contributed by atoms with Gasteiger partial charge in [0, 0.05) is 18.9 Å². The maximum Gasteiger partial charge on any atom is 0.336 e. The molecule has 2 rings (SSSR count). The predicted octanol–water partition coefficient (Wildman–Crippen LogP) is 1.53. The van der Waals surface area contributed by atoms with Crippen LogP contribution in [0.2, 0.25) is 0 Å². The highest BCUT2D eigenvalue weighted by atomic mass is 16.6. The van der Waals surface area contributed by atoms with Crippen molar-refractivity contribution in [3.05, 3.63) is 47.6 Å². The first-order valence-corrected chi connectivity index (χ1v) is 9.71. The van der Waals surface area contributed by atoms with Crippen molar-refractivity contribution >= 4 is 17.9 Å². The Bertz CT molecular complexity index is 791. The van der Waals surface area contributed by atoms with Crippen LogP contribution in [-0.2, 0) is 28.6 Å². The number of aliphatic hydroxyl groups excluding tert-OH is 2. The smallest absolute Gasteiger partial charge is 0.336 e. The fraction of sp³-hybridized carbons (Fsp3) is 0.500. The number of carbonyl (C=O) groups excluding carboxylic acids is 3. The summed E-state index contributed by atoms with van der Waals surface area (Å²) in [4.78, 5) is 35.9. The minimum Gasteiger partial charge on any atom is -0.461 e. The zero-order valence-electron chi connectivity index (χ0n) is 17.3. The Kier molecular flexibility index (Phi) is 8.14. The summed E-state index contributed by atoms with van der Waals surface area (Å²) in [5, 5.41) is 18.7. The van der Waals surface area contributed by atoms with Crippen molar-refractivity contribution in [3.63, 3.8) is 0 Å². The number of fused-ring (bicyclic) bond motifs is 1. The molecule has 0 unspecified atom stereocenters. The van der Waals surface area contributed by atoms with Crippen LogP contribution in [-0.4, -0.2) is 59.6 Å². The van der Waals surface area contributed by atoms with Gasteiger partial charge < -0.3 is 24.4 Å². The molecule has 4 atom stereocenters. The van der Waals surface area contributed by atoms with Gasteiger partial charge in [-0.1, -0.05) is 24.8 Å². The van der Waals surface area contributed by atoms with Crippen molar-refractivity contribution in [3.8, 4) is 0 Å². The van der Waals surface area contributed by atoms with Crippen LogP contribution in [0.15, 0.2) is 47.6 Å². The number of aliphatic hydroxyl groups is 2. The molecule has 0 radical (unpaired) electrons. The summed E-state index contributed by atoms with van der Waals surface area (Å²) in [7, 11) is 0. The monoisotopic (exact) mass is 420 g/mol. The first-order chi connectivity index (χ1) is 14.1. The second kappa shape index (κ2) is 10.4. The van der Waals surface area contributed by atoms with Gasteiger partial charge in [-0.25, -0.2) is 9.59 Å². The fourth-order valence-corrected chi connectivity index (χ4v) is 3.42.